The number of para-hydroxylation sites is 1. The molecule has 2 heterocycles. The van der Waals surface area contributed by atoms with Crippen LogP contribution in [0.4, 0.5) is 5.69 Å². The molecule has 0 unspecified atom stereocenters. The molecule has 4 rings (SSSR count). The lowest BCUT2D eigenvalue weighted by atomic mass is 10.1. The van der Waals surface area contributed by atoms with Gasteiger partial charge in [-0.15, -0.1) is 0 Å². The number of aryl methyl sites for hydroxylation is 2. The number of rotatable bonds is 2. The van der Waals surface area contributed by atoms with Gasteiger partial charge in [0.1, 0.15) is 5.58 Å². The standard InChI is InChI=1S/C21H17ClN2O2/c1-12-8-9-14(22)10-18(12)24(3)21(25)19-11-16-13(2)23-17-7-5-4-6-15(17)20(16)26-19/h4-11H,1-3H3. The molecule has 0 aliphatic heterocycles. The quantitative estimate of drug-likeness (QED) is 0.470. The highest BCUT2D eigenvalue weighted by Gasteiger charge is 2.21. The van der Waals surface area contributed by atoms with E-state index in [9.17, 15) is 4.79 Å². The monoisotopic (exact) mass is 364 g/mol. The number of hydrogen-bond acceptors (Lipinski definition) is 3. The van der Waals surface area contributed by atoms with Crippen molar-refractivity contribution in [3.05, 3.63) is 70.6 Å². The summed E-state index contributed by atoms with van der Waals surface area (Å²) in [6.45, 7) is 3.86. The fourth-order valence-corrected chi connectivity index (χ4v) is 3.35. The maximum Gasteiger partial charge on any atom is 0.293 e. The van der Waals surface area contributed by atoms with E-state index in [0.717, 1.165) is 33.2 Å². The second-order valence-corrected chi connectivity index (χ2v) is 6.80. The van der Waals surface area contributed by atoms with Crippen molar-refractivity contribution in [2.45, 2.75) is 13.8 Å². The van der Waals surface area contributed by atoms with Gasteiger partial charge in [-0.3, -0.25) is 9.78 Å². The summed E-state index contributed by atoms with van der Waals surface area (Å²) in [5.41, 5.74) is 4.09. The minimum Gasteiger partial charge on any atom is -0.450 e. The number of anilines is 1. The van der Waals surface area contributed by atoms with E-state index < -0.39 is 0 Å². The number of pyridine rings is 1. The number of furan rings is 1. The predicted molar refractivity (Wildman–Crippen MR) is 105 cm³/mol. The zero-order valence-electron chi connectivity index (χ0n) is 14.7. The van der Waals surface area contributed by atoms with Gasteiger partial charge in [0.2, 0.25) is 0 Å². The normalized spacial score (nSPS) is 11.2. The molecular weight excluding hydrogens is 348 g/mol. The van der Waals surface area contributed by atoms with Crippen molar-refractivity contribution in [2.75, 3.05) is 11.9 Å². The maximum absolute atomic E-state index is 13.0. The summed E-state index contributed by atoms with van der Waals surface area (Å²) in [5.74, 6) is 0.0539. The van der Waals surface area contributed by atoms with Gasteiger partial charge in [-0.2, -0.15) is 0 Å². The van der Waals surface area contributed by atoms with Crippen LogP contribution >= 0.6 is 11.6 Å². The molecule has 0 fully saturated rings. The first-order valence-corrected chi connectivity index (χ1v) is 8.66. The number of hydrogen-bond donors (Lipinski definition) is 0. The second-order valence-electron chi connectivity index (χ2n) is 6.36. The van der Waals surface area contributed by atoms with Gasteiger partial charge in [0.05, 0.1) is 5.52 Å². The molecule has 0 N–H and O–H groups in total. The maximum atomic E-state index is 13.0. The topological polar surface area (TPSA) is 46.3 Å². The Kier molecular flexibility index (Phi) is 3.93. The van der Waals surface area contributed by atoms with Crippen LogP contribution < -0.4 is 4.90 Å². The van der Waals surface area contributed by atoms with Gasteiger partial charge in [0.15, 0.2) is 5.76 Å². The average molecular weight is 365 g/mol. The van der Waals surface area contributed by atoms with Gasteiger partial charge in [-0.1, -0.05) is 29.8 Å². The second kappa shape index (κ2) is 6.15. The summed E-state index contributed by atoms with van der Waals surface area (Å²) >= 11 is 6.09. The first kappa shape index (κ1) is 16.6. The van der Waals surface area contributed by atoms with Crippen LogP contribution in [-0.4, -0.2) is 17.9 Å². The summed E-state index contributed by atoms with van der Waals surface area (Å²) in [4.78, 5) is 19.2. The van der Waals surface area contributed by atoms with Crippen LogP contribution in [0.1, 0.15) is 21.8 Å². The number of nitrogens with zero attached hydrogens (tertiary/aromatic N) is 2. The smallest absolute Gasteiger partial charge is 0.293 e. The molecule has 0 saturated carbocycles. The molecule has 4 aromatic rings. The Labute approximate surface area is 156 Å². The van der Waals surface area contributed by atoms with Crippen molar-refractivity contribution in [1.29, 1.82) is 0 Å². The molecule has 0 radical (unpaired) electrons. The number of fused-ring (bicyclic) bond motifs is 3. The highest BCUT2D eigenvalue weighted by Crippen LogP contribution is 2.31. The lowest BCUT2D eigenvalue weighted by Crippen LogP contribution is -2.26. The molecule has 1 amide bonds. The van der Waals surface area contributed by atoms with Crippen LogP contribution in [0.15, 0.2) is 52.9 Å². The number of halogens is 1. The van der Waals surface area contributed by atoms with Crippen molar-refractivity contribution in [3.63, 3.8) is 0 Å². The van der Waals surface area contributed by atoms with E-state index in [2.05, 4.69) is 4.98 Å². The number of carbonyl (C=O) groups is 1. The third-order valence-corrected chi connectivity index (χ3v) is 4.84. The zero-order valence-corrected chi connectivity index (χ0v) is 15.5. The van der Waals surface area contributed by atoms with Crippen molar-refractivity contribution in [2.24, 2.45) is 0 Å². The lowest BCUT2D eigenvalue weighted by Gasteiger charge is -2.18. The first-order chi connectivity index (χ1) is 12.5. The Morgan fingerprint density at radius 3 is 2.65 bits per heavy atom. The summed E-state index contributed by atoms with van der Waals surface area (Å²) in [7, 11) is 1.72. The molecule has 130 valence electrons. The Hall–Kier alpha value is -2.85. The Morgan fingerprint density at radius 1 is 1.08 bits per heavy atom. The number of amides is 1. The summed E-state index contributed by atoms with van der Waals surface area (Å²) in [6.07, 6.45) is 0. The van der Waals surface area contributed by atoms with Crippen LogP contribution in [0, 0.1) is 13.8 Å². The van der Waals surface area contributed by atoms with Gasteiger partial charge < -0.3 is 9.32 Å². The van der Waals surface area contributed by atoms with E-state index in [1.165, 1.54) is 0 Å². The SMILES string of the molecule is Cc1ccc(Cl)cc1N(C)C(=O)c1cc2c(C)nc3ccccc3c2o1. The van der Waals surface area contributed by atoms with Crippen molar-refractivity contribution in [1.82, 2.24) is 4.98 Å². The van der Waals surface area contributed by atoms with Gasteiger partial charge >= 0.3 is 0 Å². The molecule has 0 spiro atoms. The molecule has 0 bridgehead atoms. The number of aromatic nitrogens is 1. The van der Waals surface area contributed by atoms with Gasteiger partial charge in [-0.05, 0) is 49.7 Å². The zero-order chi connectivity index (χ0) is 18.4. The van der Waals surface area contributed by atoms with Crippen LogP contribution in [-0.2, 0) is 0 Å². The third-order valence-electron chi connectivity index (χ3n) is 4.61. The minimum absolute atomic E-state index is 0.227. The summed E-state index contributed by atoms with van der Waals surface area (Å²) in [6, 6.07) is 15.0. The molecule has 5 heteroatoms. The molecule has 0 aliphatic rings. The van der Waals surface area contributed by atoms with E-state index in [1.807, 2.05) is 44.2 Å². The van der Waals surface area contributed by atoms with E-state index in [4.69, 9.17) is 16.0 Å². The molecule has 2 aromatic carbocycles. The van der Waals surface area contributed by atoms with Crippen molar-refractivity contribution in [3.8, 4) is 0 Å². The van der Waals surface area contributed by atoms with Crippen LogP contribution in [0.3, 0.4) is 0 Å². The van der Waals surface area contributed by atoms with Crippen molar-refractivity contribution < 1.29 is 9.21 Å². The molecule has 2 aromatic heterocycles. The van der Waals surface area contributed by atoms with Gasteiger partial charge in [0.25, 0.3) is 5.91 Å². The van der Waals surface area contributed by atoms with E-state index in [-0.39, 0.29) is 11.7 Å². The lowest BCUT2D eigenvalue weighted by molar-refractivity contribution is 0.0968. The number of carbonyl (C=O) groups excluding carboxylic acids is 1. The Morgan fingerprint density at radius 2 is 1.85 bits per heavy atom. The molecule has 0 atom stereocenters. The molecular formula is C21H17ClN2O2. The largest absolute Gasteiger partial charge is 0.450 e. The minimum atomic E-state index is -0.227. The highest BCUT2D eigenvalue weighted by molar-refractivity contribution is 6.31. The van der Waals surface area contributed by atoms with Gasteiger partial charge in [0, 0.05) is 34.2 Å². The van der Waals surface area contributed by atoms with E-state index in [1.54, 1.807) is 30.1 Å². The Balaban J connectivity index is 1.84. The van der Waals surface area contributed by atoms with Crippen LogP contribution in [0.25, 0.3) is 21.9 Å². The number of benzene rings is 2. The van der Waals surface area contributed by atoms with Crippen molar-refractivity contribution >= 4 is 45.1 Å². The Bertz CT molecular complexity index is 1160. The van der Waals surface area contributed by atoms with E-state index >= 15 is 0 Å². The van der Waals surface area contributed by atoms with E-state index in [0.29, 0.717) is 10.6 Å². The average Bonchev–Trinajstić information content (AvgIpc) is 3.09. The fourth-order valence-electron chi connectivity index (χ4n) is 3.19. The van der Waals surface area contributed by atoms with Crippen LogP contribution in [0.2, 0.25) is 5.02 Å². The fraction of sp³-hybridized carbons (Fsp3) is 0.143. The summed E-state index contributed by atoms with van der Waals surface area (Å²) in [5, 5.41) is 2.33. The molecule has 0 saturated heterocycles. The third kappa shape index (κ3) is 2.63. The van der Waals surface area contributed by atoms with Gasteiger partial charge in [-0.25, -0.2) is 0 Å². The first-order valence-electron chi connectivity index (χ1n) is 8.29. The molecule has 26 heavy (non-hydrogen) atoms. The highest BCUT2D eigenvalue weighted by atomic mass is 35.5. The summed E-state index contributed by atoms with van der Waals surface area (Å²) < 4.78 is 5.97. The van der Waals surface area contributed by atoms with Crippen LogP contribution in [0.5, 0.6) is 0 Å². The molecule has 4 nitrogen and oxygen atoms in total. The predicted octanol–water partition coefficient (Wildman–Crippen LogP) is 5.53. The molecule has 0 aliphatic carbocycles.